The molecule has 1 saturated carbocycles. The molecule has 2 atom stereocenters. The van der Waals surface area contributed by atoms with Gasteiger partial charge in [0.1, 0.15) is 5.52 Å². The van der Waals surface area contributed by atoms with E-state index in [9.17, 15) is 4.39 Å². The van der Waals surface area contributed by atoms with E-state index >= 15 is 0 Å². The van der Waals surface area contributed by atoms with Gasteiger partial charge in [-0.1, -0.05) is 6.92 Å². The molecule has 1 fully saturated rings. The van der Waals surface area contributed by atoms with Gasteiger partial charge in [-0.05, 0) is 25.2 Å². The number of rotatable bonds is 1. The van der Waals surface area contributed by atoms with Gasteiger partial charge in [-0.25, -0.2) is 4.98 Å². The molecule has 0 bridgehead atoms. The Balaban J connectivity index is 2.11. The molecule has 0 unspecified atom stereocenters. The lowest BCUT2D eigenvalue weighted by atomic mass is 10.1. The summed E-state index contributed by atoms with van der Waals surface area (Å²) in [5, 5.41) is 0. The number of hydrogen-bond acceptors (Lipinski definition) is 4. The predicted molar refractivity (Wildman–Crippen MR) is 61.7 cm³/mol. The van der Waals surface area contributed by atoms with Gasteiger partial charge >= 0.3 is 6.08 Å². The van der Waals surface area contributed by atoms with E-state index in [1.54, 1.807) is 6.33 Å². The van der Waals surface area contributed by atoms with Crippen molar-refractivity contribution in [2.24, 2.45) is 5.92 Å². The van der Waals surface area contributed by atoms with Crippen LogP contribution in [0.15, 0.2) is 6.33 Å². The topological polar surface area (TPSA) is 69.6 Å². The SMILES string of the molecule is C[C@@H]1CC[C@H](n2cnc3c(N)nc(F)nc32)C1. The molecule has 0 saturated heterocycles. The molecule has 1 aliphatic carbocycles. The number of nitrogens with two attached hydrogens (primary N) is 1. The Kier molecular flexibility index (Phi) is 2.24. The Labute approximate surface area is 97.9 Å². The molecule has 2 aromatic heterocycles. The van der Waals surface area contributed by atoms with Crippen molar-refractivity contribution >= 4 is 17.0 Å². The van der Waals surface area contributed by atoms with Crippen molar-refractivity contribution in [3.05, 3.63) is 12.4 Å². The number of anilines is 1. The van der Waals surface area contributed by atoms with Gasteiger partial charge in [-0.15, -0.1) is 0 Å². The van der Waals surface area contributed by atoms with Gasteiger partial charge in [-0.2, -0.15) is 14.4 Å². The van der Waals surface area contributed by atoms with Crippen LogP contribution in [-0.2, 0) is 0 Å². The quantitative estimate of drug-likeness (QED) is 0.766. The molecule has 2 N–H and O–H groups in total. The fourth-order valence-electron chi connectivity index (χ4n) is 2.61. The highest BCUT2D eigenvalue weighted by Gasteiger charge is 2.25. The van der Waals surface area contributed by atoms with Crippen LogP contribution < -0.4 is 5.73 Å². The second-order valence-corrected chi connectivity index (χ2v) is 4.77. The van der Waals surface area contributed by atoms with E-state index in [4.69, 9.17) is 5.73 Å². The van der Waals surface area contributed by atoms with Crippen molar-refractivity contribution < 1.29 is 4.39 Å². The van der Waals surface area contributed by atoms with Gasteiger partial charge in [0.25, 0.3) is 0 Å². The van der Waals surface area contributed by atoms with Crippen molar-refractivity contribution in [3.63, 3.8) is 0 Å². The molecular weight excluding hydrogens is 221 g/mol. The maximum Gasteiger partial charge on any atom is 0.312 e. The van der Waals surface area contributed by atoms with E-state index in [-0.39, 0.29) is 5.82 Å². The van der Waals surface area contributed by atoms with Gasteiger partial charge < -0.3 is 10.3 Å². The first-order chi connectivity index (χ1) is 8.15. The zero-order chi connectivity index (χ0) is 12.0. The zero-order valence-corrected chi connectivity index (χ0v) is 9.60. The molecule has 5 nitrogen and oxygen atoms in total. The monoisotopic (exact) mass is 235 g/mol. The Hall–Kier alpha value is -1.72. The molecular formula is C11H14FN5. The first kappa shape index (κ1) is 10.4. The number of halogens is 1. The van der Waals surface area contributed by atoms with E-state index in [1.165, 1.54) is 6.42 Å². The molecule has 6 heteroatoms. The smallest absolute Gasteiger partial charge is 0.312 e. The van der Waals surface area contributed by atoms with Crippen LogP contribution in [0.3, 0.4) is 0 Å². The van der Waals surface area contributed by atoms with Crippen LogP contribution in [0.4, 0.5) is 10.2 Å². The van der Waals surface area contributed by atoms with E-state index in [0.717, 1.165) is 12.8 Å². The lowest BCUT2D eigenvalue weighted by molar-refractivity contribution is 0.495. The number of nitrogens with zero attached hydrogens (tertiary/aromatic N) is 4. The highest BCUT2D eigenvalue weighted by molar-refractivity contribution is 5.81. The molecule has 0 amide bonds. The van der Waals surface area contributed by atoms with Crippen LogP contribution in [0.25, 0.3) is 11.2 Å². The van der Waals surface area contributed by atoms with Crippen molar-refractivity contribution in [2.75, 3.05) is 5.73 Å². The van der Waals surface area contributed by atoms with Crippen LogP contribution in [0.2, 0.25) is 0 Å². The Morgan fingerprint density at radius 1 is 1.41 bits per heavy atom. The summed E-state index contributed by atoms with van der Waals surface area (Å²) in [5.74, 6) is 0.804. The molecule has 3 rings (SSSR count). The molecule has 1 aliphatic rings. The molecule has 2 heterocycles. The van der Waals surface area contributed by atoms with Crippen LogP contribution in [-0.4, -0.2) is 19.5 Å². The summed E-state index contributed by atoms with van der Waals surface area (Å²) in [6.07, 6.45) is 4.25. The molecule has 0 aliphatic heterocycles. The van der Waals surface area contributed by atoms with Crippen LogP contribution in [0, 0.1) is 12.0 Å². The Morgan fingerprint density at radius 3 is 2.94 bits per heavy atom. The highest BCUT2D eigenvalue weighted by atomic mass is 19.1. The fourth-order valence-corrected chi connectivity index (χ4v) is 2.61. The van der Waals surface area contributed by atoms with Crippen molar-refractivity contribution in [2.45, 2.75) is 32.2 Å². The second kappa shape index (κ2) is 3.65. The molecule has 90 valence electrons. The molecule has 0 spiro atoms. The summed E-state index contributed by atoms with van der Waals surface area (Å²) < 4.78 is 15.1. The normalized spacial score (nSPS) is 24.6. The van der Waals surface area contributed by atoms with Crippen LogP contribution >= 0.6 is 0 Å². The third-order valence-corrected chi connectivity index (χ3v) is 3.48. The van der Waals surface area contributed by atoms with E-state index < -0.39 is 6.08 Å². The summed E-state index contributed by atoms with van der Waals surface area (Å²) in [6.45, 7) is 2.23. The van der Waals surface area contributed by atoms with E-state index in [2.05, 4.69) is 21.9 Å². The second-order valence-electron chi connectivity index (χ2n) is 4.77. The highest BCUT2D eigenvalue weighted by Crippen LogP contribution is 2.35. The first-order valence-electron chi connectivity index (χ1n) is 5.80. The number of nitrogen functional groups attached to an aromatic ring is 1. The number of aromatic nitrogens is 4. The molecule has 0 aromatic carbocycles. The number of fused-ring (bicyclic) bond motifs is 1. The van der Waals surface area contributed by atoms with E-state index in [0.29, 0.717) is 23.1 Å². The van der Waals surface area contributed by atoms with Crippen LogP contribution in [0.1, 0.15) is 32.2 Å². The van der Waals surface area contributed by atoms with Crippen molar-refractivity contribution in [1.82, 2.24) is 19.5 Å². The molecule has 0 radical (unpaired) electrons. The van der Waals surface area contributed by atoms with Crippen molar-refractivity contribution in [3.8, 4) is 0 Å². The summed E-state index contributed by atoms with van der Waals surface area (Å²) in [6, 6.07) is 0.351. The average molecular weight is 235 g/mol. The lowest BCUT2D eigenvalue weighted by Gasteiger charge is -2.11. The predicted octanol–water partition coefficient (Wildman–Crippen LogP) is 1.91. The fraction of sp³-hybridized carbons (Fsp3) is 0.545. The van der Waals surface area contributed by atoms with Gasteiger partial charge in [0.2, 0.25) is 0 Å². The van der Waals surface area contributed by atoms with E-state index in [1.807, 2.05) is 4.57 Å². The minimum absolute atomic E-state index is 0.109. The molecule has 17 heavy (non-hydrogen) atoms. The third-order valence-electron chi connectivity index (χ3n) is 3.48. The lowest BCUT2D eigenvalue weighted by Crippen LogP contribution is -2.06. The van der Waals surface area contributed by atoms with Gasteiger partial charge in [-0.3, -0.25) is 0 Å². The maximum absolute atomic E-state index is 13.2. The first-order valence-corrected chi connectivity index (χ1v) is 5.80. The third kappa shape index (κ3) is 1.64. The minimum Gasteiger partial charge on any atom is -0.382 e. The van der Waals surface area contributed by atoms with Crippen molar-refractivity contribution in [1.29, 1.82) is 0 Å². The minimum atomic E-state index is -0.789. The summed E-state index contributed by atoms with van der Waals surface area (Å²) >= 11 is 0. The summed E-state index contributed by atoms with van der Waals surface area (Å²) in [5.41, 5.74) is 6.63. The summed E-state index contributed by atoms with van der Waals surface area (Å²) in [7, 11) is 0. The van der Waals surface area contributed by atoms with Gasteiger partial charge in [0.15, 0.2) is 11.5 Å². The number of hydrogen-bond donors (Lipinski definition) is 1. The zero-order valence-electron chi connectivity index (χ0n) is 9.60. The maximum atomic E-state index is 13.2. The average Bonchev–Trinajstić information content (AvgIpc) is 2.83. The summed E-state index contributed by atoms with van der Waals surface area (Å²) in [4.78, 5) is 11.5. The standard InChI is InChI=1S/C11H14FN5/c1-6-2-3-7(4-6)17-5-14-8-9(13)15-11(12)16-10(8)17/h5-7H,2-4H2,1H3,(H2,13,15,16)/t6-,7+/m1/s1. The Morgan fingerprint density at radius 2 is 2.24 bits per heavy atom. The number of imidazole rings is 1. The molecule has 2 aromatic rings. The Bertz CT molecular complexity index is 564. The largest absolute Gasteiger partial charge is 0.382 e. The van der Waals surface area contributed by atoms with Crippen LogP contribution in [0.5, 0.6) is 0 Å². The van der Waals surface area contributed by atoms with Gasteiger partial charge in [0, 0.05) is 6.04 Å². The van der Waals surface area contributed by atoms with Gasteiger partial charge in [0.05, 0.1) is 6.33 Å².